The second kappa shape index (κ2) is 4.19. The van der Waals surface area contributed by atoms with Gasteiger partial charge in [0.05, 0.1) is 5.56 Å². The molecule has 78 valence electrons. The summed E-state index contributed by atoms with van der Waals surface area (Å²) in [5.41, 5.74) is -0.483. The molecule has 0 aliphatic rings. The first-order valence-corrected chi connectivity index (χ1v) is 4.33. The molecule has 0 radical (unpaired) electrons. The molecule has 0 atom stereocenters. The topological polar surface area (TPSA) is 12.0 Å². The molecule has 0 aliphatic carbocycles. The third-order valence-corrected chi connectivity index (χ3v) is 1.98. The van der Waals surface area contributed by atoms with Crippen molar-refractivity contribution >= 4 is 11.6 Å². The van der Waals surface area contributed by atoms with Crippen molar-refractivity contribution in [3.05, 3.63) is 34.3 Å². The lowest BCUT2D eigenvalue weighted by Crippen LogP contribution is -2.14. The summed E-state index contributed by atoms with van der Waals surface area (Å²) in [4.78, 5) is 0. The summed E-state index contributed by atoms with van der Waals surface area (Å²) in [5.74, 6) is 0. The maximum absolute atomic E-state index is 12.5. The van der Waals surface area contributed by atoms with Gasteiger partial charge in [-0.2, -0.15) is 13.2 Å². The van der Waals surface area contributed by atoms with E-state index in [0.717, 1.165) is 6.07 Å². The van der Waals surface area contributed by atoms with Gasteiger partial charge < -0.3 is 5.32 Å². The number of alkyl halides is 3. The van der Waals surface area contributed by atoms with E-state index < -0.39 is 11.7 Å². The van der Waals surface area contributed by atoms with Crippen LogP contribution in [0.4, 0.5) is 13.2 Å². The highest BCUT2D eigenvalue weighted by molar-refractivity contribution is 6.30. The van der Waals surface area contributed by atoms with E-state index in [9.17, 15) is 13.2 Å². The van der Waals surface area contributed by atoms with Crippen LogP contribution in [0.2, 0.25) is 5.02 Å². The Bertz CT molecular complexity index is 322. The largest absolute Gasteiger partial charge is 0.416 e. The zero-order valence-electron chi connectivity index (χ0n) is 7.45. The number of nitrogens with one attached hydrogen (secondary N) is 1. The summed E-state index contributed by atoms with van der Waals surface area (Å²) >= 11 is 5.50. The monoisotopic (exact) mass is 223 g/mol. The van der Waals surface area contributed by atoms with Crippen molar-refractivity contribution in [2.24, 2.45) is 0 Å². The Labute approximate surface area is 84.9 Å². The molecule has 1 aromatic rings. The predicted molar refractivity (Wildman–Crippen MR) is 49.2 cm³/mol. The van der Waals surface area contributed by atoms with Gasteiger partial charge in [-0.15, -0.1) is 0 Å². The van der Waals surface area contributed by atoms with Gasteiger partial charge in [-0.05, 0) is 24.7 Å². The first kappa shape index (κ1) is 11.3. The molecule has 14 heavy (non-hydrogen) atoms. The molecule has 0 bridgehead atoms. The summed E-state index contributed by atoms with van der Waals surface area (Å²) in [6, 6.07) is 3.76. The fraction of sp³-hybridized carbons (Fsp3) is 0.333. The van der Waals surface area contributed by atoms with Gasteiger partial charge in [0.25, 0.3) is 0 Å². The molecule has 0 aliphatic heterocycles. The number of hydrogen-bond acceptors (Lipinski definition) is 1. The van der Waals surface area contributed by atoms with E-state index in [1.54, 1.807) is 7.05 Å². The SMILES string of the molecule is CNCc1ccc(Cl)cc1C(F)(F)F. The minimum atomic E-state index is -4.35. The minimum absolute atomic E-state index is 0.0946. The highest BCUT2D eigenvalue weighted by Crippen LogP contribution is 2.33. The van der Waals surface area contributed by atoms with E-state index in [1.807, 2.05) is 0 Å². The van der Waals surface area contributed by atoms with Crippen LogP contribution in [-0.2, 0) is 12.7 Å². The Morgan fingerprint density at radius 2 is 2.00 bits per heavy atom. The number of hydrogen-bond donors (Lipinski definition) is 1. The van der Waals surface area contributed by atoms with Gasteiger partial charge in [-0.3, -0.25) is 0 Å². The van der Waals surface area contributed by atoms with Crippen molar-refractivity contribution in [3.63, 3.8) is 0 Å². The van der Waals surface area contributed by atoms with E-state index >= 15 is 0 Å². The number of benzene rings is 1. The Morgan fingerprint density at radius 3 is 2.50 bits per heavy atom. The normalized spacial score (nSPS) is 11.8. The van der Waals surface area contributed by atoms with E-state index in [-0.39, 0.29) is 17.1 Å². The number of rotatable bonds is 2. The van der Waals surface area contributed by atoms with Crippen LogP contribution in [0.1, 0.15) is 11.1 Å². The third kappa shape index (κ3) is 2.62. The van der Waals surface area contributed by atoms with Crippen LogP contribution in [0.25, 0.3) is 0 Å². The van der Waals surface area contributed by atoms with Crippen LogP contribution < -0.4 is 5.32 Å². The lowest BCUT2D eigenvalue weighted by Gasteiger charge is -2.12. The highest BCUT2D eigenvalue weighted by atomic mass is 35.5. The van der Waals surface area contributed by atoms with Gasteiger partial charge in [0.15, 0.2) is 0 Å². The van der Waals surface area contributed by atoms with Crippen LogP contribution >= 0.6 is 11.6 Å². The van der Waals surface area contributed by atoms with Crippen LogP contribution in [0, 0.1) is 0 Å². The first-order valence-electron chi connectivity index (χ1n) is 3.95. The van der Waals surface area contributed by atoms with Crippen molar-refractivity contribution in [1.29, 1.82) is 0 Å². The summed E-state index contributed by atoms with van der Waals surface area (Å²) in [6.07, 6.45) is -4.35. The van der Waals surface area contributed by atoms with Crippen molar-refractivity contribution in [3.8, 4) is 0 Å². The van der Waals surface area contributed by atoms with E-state index in [4.69, 9.17) is 11.6 Å². The zero-order valence-corrected chi connectivity index (χ0v) is 8.21. The Hall–Kier alpha value is -0.740. The summed E-state index contributed by atoms with van der Waals surface area (Å²) in [7, 11) is 1.59. The molecular weight excluding hydrogens is 215 g/mol. The fourth-order valence-corrected chi connectivity index (χ4v) is 1.33. The Kier molecular flexibility index (Phi) is 3.39. The second-order valence-electron chi connectivity index (χ2n) is 2.83. The first-order chi connectivity index (χ1) is 6.45. The molecular formula is C9H9ClF3N. The van der Waals surface area contributed by atoms with Gasteiger partial charge in [0.1, 0.15) is 0 Å². The zero-order chi connectivity index (χ0) is 10.8. The molecule has 0 saturated heterocycles. The molecule has 0 aromatic heterocycles. The maximum atomic E-state index is 12.5. The predicted octanol–water partition coefficient (Wildman–Crippen LogP) is 3.08. The van der Waals surface area contributed by atoms with Crippen LogP contribution in [0.15, 0.2) is 18.2 Å². The van der Waals surface area contributed by atoms with Gasteiger partial charge in [-0.25, -0.2) is 0 Å². The van der Waals surface area contributed by atoms with Gasteiger partial charge in [0, 0.05) is 11.6 Å². The van der Waals surface area contributed by atoms with Gasteiger partial charge >= 0.3 is 6.18 Å². The number of halogens is 4. The minimum Gasteiger partial charge on any atom is -0.316 e. The van der Waals surface area contributed by atoms with Crippen molar-refractivity contribution in [2.75, 3.05) is 7.05 Å². The molecule has 0 heterocycles. The third-order valence-electron chi connectivity index (χ3n) is 1.74. The standard InChI is InChI=1S/C9H9ClF3N/c1-14-5-6-2-3-7(10)4-8(6)9(11,12)13/h2-4,14H,5H2,1H3. The molecule has 0 unspecified atom stereocenters. The highest BCUT2D eigenvalue weighted by Gasteiger charge is 2.33. The van der Waals surface area contributed by atoms with Crippen molar-refractivity contribution < 1.29 is 13.2 Å². The summed E-state index contributed by atoms with van der Waals surface area (Å²) in [5, 5.41) is 2.77. The van der Waals surface area contributed by atoms with Crippen LogP contribution in [0.3, 0.4) is 0 Å². The molecule has 1 nitrogen and oxygen atoms in total. The lowest BCUT2D eigenvalue weighted by molar-refractivity contribution is -0.138. The van der Waals surface area contributed by atoms with Crippen LogP contribution in [-0.4, -0.2) is 7.05 Å². The van der Waals surface area contributed by atoms with Gasteiger partial charge in [-0.1, -0.05) is 17.7 Å². The Balaban J connectivity index is 3.16. The molecule has 1 N–H and O–H groups in total. The van der Waals surface area contributed by atoms with Crippen molar-refractivity contribution in [2.45, 2.75) is 12.7 Å². The molecule has 0 amide bonds. The summed E-state index contributed by atoms with van der Waals surface area (Å²) < 4.78 is 37.4. The smallest absolute Gasteiger partial charge is 0.316 e. The fourth-order valence-electron chi connectivity index (χ4n) is 1.16. The molecule has 1 aromatic carbocycles. The second-order valence-corrected chi connectivity index (χ2v) is 3.27. The molecule has 0 spiro atoms. The lowest BCUT2D eigenvalue weighted by atomic mass is 10.1. The molecule has 5 heteroatoms. The summed E-state index contributed by atoms with van der Waals surface area (Å²) in [6.45, 7) is 0.173. The van der Waals surface area contributed by atoms with E-state index in [1.165, 1.54) is 12.1 Å². The molecule has 1 rings (SSSR count). The molecule has 0 saturated carbocycles. The van der Waals surface area contributed by atoms with Crippen LogP contribution in [0.5, 0.6) is 0 Å². The maximum Gasteiger partial charge on any atom is 0.416 e. The quantitative estimate of drug-likeness (QED) is 0.813. The average molecular weight is 224 g/mol. The van der Waals surface area contributed by atoms with Gasteiger partial charge in [0.2, 0.25) is 0 Å². The van der Waals surface area contributed by atoms with Crippen molar-refractivity contribution in [1.82, 2.24) is 5.32 Å². The molecule has 0 fully saturated rings. The van der Waals surface area contributed by atoms with E-state index in [2.05, 4.69) is 5.32 Å². The average Bonchev–Trinajstić information content (AvgIpc) is 2.07. The van der Waals surface area contributed by atoms with E-state index in [0.29, 0.717) is 0 Å². The Morgan fingerprint density at radius 1 is 1.36 bits per heavy atom.